The highest BCUT2D eigenvalue weighted by Crippen LogP contribution is 2.33. The molecule has 0 N–H and O–H groups in total. The van der Waals surface area contributed by atoms with Gasteiger partial charge in [0.05, 0.1) is 23.9 Å². The highest BCUT2D eigenvalue weighted by molar-refractivity contribution is 7.15. The Kier molecular flexibility index (Phi) is 5.83. The molecule has 0 saturated heterocycles. The summed E-state index contributed by atoms with van der Waals surface area (Å²) in [5.41, 5.74) is 4.37. The van der Waals surface area contributed by atoms with Gasteiger partial charge in [-0.2, -0.15) is 5.26 Å². The Labute approximate surface area is 183 Å². The second-order valence-electron chi connectivity index (χ2n) is 6.86. The fourth-order valence-electron chi connectivity index (χ4n) is 3.10. The fourth-order valence-corrected chi connectivity index (χ4v) is 3.99. The van der Waals surface area contributed by atoms with Crippen LogP contribution in [0.3, 0.4) is 0 Å². The molecule has 5 nitrogen and oxygen atoms in total. The van der Waals surface area contributed by atoms with Gasteiger partial charge in [0.25, 0.3) is 0 Å². The van der Waals surface area contributed by atoms with Gasteiger partial charge in [-0.1, -0.05) is 6.07 Å². The van der Waals surface area contributed by atoms with Gasteiger partial charge in [0.15, 0.2) is 11.4 Å². The van der Waals surface area contributed by atoms with Crippen LogP contribution in [0.15, 0.2) is 66.9 Å². The van der Waals surface area contributed by atoms with Crippen molar-refractivity contribution in [3.8, 4) is 17.3 Å². The lowest BCUT2D eigenvalue weighted by Crippen LogP contribution is -2.16. The Balaban J connectivity index is 1.65. The number of carbonyl (C=O) groups is 1. The maximum Gasteiger partial charge on any atom is 0.191 e. The second-order valence-corrected chi connectivity index (χ2v) is 8.04. The van der Waals surface area contributed by atoms with Crippen molar-refractivity contribution in [1.29, 1.82) is 5.26 Å². The summed E-state index contributed by atoms with van der Waals surface area (Å²) in [7, 11) is 0. The number of pyridine rings is 1. The largest absolute Gasteiger partial charge is 0.313 e. The molecule has 2 aromatic heterocycles. The van der Waals surface area contributed by atoms with Gasteiger partial charge in [-0.25, -0.2) is 9.37 Å². The third-order valence-corrected chi connectivity index (χ3v) is 5.79. The third kappa shape index (κ3) is 4.49. The van der Waals surface area contributed by atoms with Gasteiger partial charge in [0, 0.05) is 22.3 Å². The number of nitrogens with zero attached hydrogens (tertiary/aromatic N) is 4. The van der Waals surface area contributed by atoms with Crippen LogP contribution in [0.2, 0.25) is 0 Å². The topological polar surface area (TPSA) is 69.9 Å². The van der Waals surface area contributed by atoms with Crippen molar-refractivity contribution < 1.29 is 9.18 Å². The molecule has 0 radical (unpaired) electrons. The van der Waals surface area contributed by atoms with Crippen LogP contribution in [0.1, 0.15) is 26.5 Å². The Hall–Kier alpha value is -3.89. The number of hydrogen-bond acceptors (Lipinski definition) is 6. The zero-order valence-corrected chi connectivity index (χ0v) is 17.4. The lowest BCUT2D eigenvalue weighted by atomic mass is 10.1. The van der Waals surface area contributed by atoms with Crippen LogP contribution in [0, 0.1) is 24.1 Å². The van der Waals surface area contributed by atoms with Crippen LogP contribution in [-0.2, 0) is 6.54 Å². The van der Waals surface area contributed by atoms with E-state index < -0.39 is 0 Å². The summed E-state index contributed by atoms with van der Waals surface area (Å²) in [5, 5.41) is 9.77. The molecule has 152 valence electrons. The number of hydrogen-bond donors (Lipinski definition) is 0. The number of aromatic nitrogens is 2. The minimum Gasteiger partial charge on any atom is -0.313 e. The molecule has 0 spiro atoms. The summed E-state index contributed by atoms with van der Waals surface area (Å²) >= 11 is 1.44. The van der Waals surface area contributed by atoms with Crippen LogP contribution >= 0.6 is 11.3 Å². The van der Waals surface area contributed by atoms with Crippen molar-refractivity contribution in [3.05, 3.63) is 94.4 Å². The standard InChI is InChI=1S/C24H17FN4OS/c1-16-23(15-30)28-24(31-16)29(21-9-2-17(12-26)3-10-21)14-18-4-11-22(27-13-18)19-5-7-20(25)8-6-19/h2-11,13,15H,14H2,1H3. The van der Waals surface area contributed by atoms with Crippen LogP contribution in [0.5, 0.6) is 0 Å². The second kappa shape index (κ2) is 8.86. The van der Waals surface area contributed by atoms with Gasteiger partial charge in [-0.15, -0.1) is 11.3 Å². The van der Waals surface area contributed by atoms with E-state index in [1.807, 2.05) is 36.1 Å². The normalized spacial score (nSPS) is 10.5. The molecule has 0 bridgehead atoms. The van der Waals surface area contributed by atoms with Crippen LogP contribution in [0.25, 0.3) is 11.3 Å². The van der Waals surface area contributed by atoms with Gasteiger partial charge < -0.3 is 4.90 Å². The molecule has 0 atom stereocenters. The number of thiazole rings is 1. The molecule has 0 amide bonds. The van der Waals surface area contributed by atoms with E-state index in [1.54, 1.807) is 30.5 Å². The van der Waals surface area contributed by atoms with E-state index in [0.29, 0.717) is 22.9 Å². The molecule has 0 aliphatic rings. The smallest absolute Gasteiger partial charge is 0.191 e. The molecule has 0 unspecified atom stereocenters. The van der Waals surface area contributed by atoms with Gasteiger partial charge in [0.1, 0.15) is 11.5 Å². The molecule has 0 fully saturated rings. The molecule has 31 heavy (non-hydrogen) atoms. The summed E-state index contributed by atoms with van der Waals surface area (Å²) in [6, 6.07) is 19.4. The van der Waals surface area contributed by atoms with E-state index in [-0.39, 0.29) is 5.82 Å². The lowest BCUT2D eigenvalue weighted by molar-refractivity contribution is 0.111. The van der Waals surface area contributed by atoms with E-state index in [1.165, 1.54) is 23.5 Å². The number of anilines is 2. The molecular weight excluding hydrogens is 411 g/mol. The Bertz CT molecular complexity index is 1240. The number of rotatable bonds is 6. The van der Waals surface area contributed by atoms with E-state index >= 15 is 0 Å². The lowest BCUT2D eigenvalue weighted by Gasteiger charge is -2.22. The predicted octanol–water partition coefficient (Wildman–Crippen LogP) is 5.68. The number of nitriles is 1. The van der Waals surface area contributed by atoms with E-state index in [4.69, 9.17) is 5.26 Å². The Morgan fingerprint density at radius 2 is 1.84 bits per heavy atom. The number of halogens is 1. The third-order valence-electron chi connectivity index (χ3n) is 4.78. The molecule has 0 aliphatic heterocycles. The first-order chi connectivity index (χ1) is 15.1. The van der Waals surface area contributed by atoms with Gasteiger partial charge >= 0.3 is 0 Å². The highest BCUT2D eigenvalue weighted by Gasteiger charge is 2.17. The van der Waals surface area contributed by atoms with Crippen LogP contribution < -0.4 is 4.90 Å². The first kappa shape index (κ1) is 20.4. The fraction of sp³-hybridized carbons (Fsp3) is 0.0833. The van der Waals surface area contributed by atoms with Crippen molar-refractivity contribution in [2.24, 2.45) is 0 Å². The van der Waals surface area contributed by atoms with Gasteiger partial charge in [0.2, 0.25) is 0 Å². The van der Waals surface area contributed by atoms with Crippen molar-refractivity contribution in [3.63, 3.8) is 0 Å². The molecule has 4 aromatic rings. The molecule has 0 aliphatic carbocycles. The molecule has 2 heterocycles. The number of benzene rings is 2. The number of carbonyl (C=O) groups excluding carboxylic acids is 1. The summed E-state index contributed by atoms with van der Waals surface area (Å²) in [4.78, 5) is 23.1. The van der Waals surface area contributed by atoms with E-state index in [0.717, 1.165) is 33.7 Å². The number of aldehydes is 1. The van der Waals surface area contributed by atoms with E-state index in [9.17, 15) is 9.18 Å². The average Bonchev–Trinajstić information content (AvgIpc) is 3.19. The molecular formula is C24H17FN4OS. The van der Waals surface area contributed by atoms with Crippen molar-refractivity contribution in [2.45, 2.75) is 13.5 Å². The maximum absolute atomic E-state index is 13.2. The summed E-state index contributed by atoms with van der Waals surface area (Å²) in [6.07, 6.45) is 2.53. The summed E-state index contributed by atoms with van der Waals surface area (Å²) in [6.45, 7) is 2.34. The zero-order chi connectivity index (χ0) is 21.8. The van der Waals surface area contributed by atoms with Gasteiger partial charge in [-0.05, 0) is 67.1 Å². The van der Waals surface area contributed by atoms with Crippen molar-refractivity contribution in [2.75, 3.05) is 4.90 Å². The highest BCUT2D eigenvalue weighted by atomic mass is 32.1. The van der Waals surface area contributed by atoms with E-state index in [2.05, 4.69) is 16.0 Å². The minimum atomic E-state index is -0.285. The molecule has 2 aromatic carbocycles. The first-order valence-electron chi connectivity index (χ1n) is 9.48. The average molecular weight is 428 g/mol. The van der Waals surface area contributed by atoms with Crippen molar-refractivity contribution in [1.82, 2.24) is 9.97 Å². The molecule has 4 rings (SSSR count). The van der Waals surface area contributed by atoms with Crippen molar-refractivity contribution >= 4 is 28.4 Å². The summed E-state index contributed by atoms with van der Waals surface area (Å²) < 4.78 is 13.2. The van der Waals surface area contributed by atoms with Crippen LogP contribution in [0.4, 0.5) is 15.2 Å². The monoisotopic (exact) mass is 428 g/mol. The summed E-state index contributed by atoms with van der Waals surface area (Å²) in [5.74, 6) is -0.285. The van der Waals surface area contributed by atoms with Crippen LogP contribution in [-0.4, -0.2) is 16.3 Å². The Morgan fingerprint density at radius 3 is 2.42 bits per heavy atom. The predicted molar refractivity (Wildman–Crippen MR) is 119 cm³/mol. The van der Waals surface area contributed by atoms with Gasteiger partial charge in [-0.3, -0.25) is 9.78 Å². The minimum absolute atomic E-state index is 0.285. The molecule has 0 saturated carbocycles. The maximum atomic E-state index is 13.2. The SMILES string of the molecule is Cc1sc(N(Cc2ccc(-c3ccc(F)cc3)nc2)c2ccc(C#N)cc2)nc1C=O. The number of aryl methyl sites for hydroxylation is 1. The zero-order valence-electron chi connectivity index (χ0n) is 16.6. The Morgan fingerprint density at radius 1 is 1.10 bits per heavy atom. The molecule has 7 heteroatoms. The quantitative estimate of drug-likeness (QED) is 0.370. The first-order valence-corrected chi connectivity index (χ1v) is 10.3.